The molecule has 17 heavy (non-hydrogen) atoms. The minimum Gasteiger partial charge on any atom is -0.361 e. The van der Waals surface area contributed by atoms with E-state index in [2.05, 4.69) is 35.4 Å². The molecule has 0 atom stereocenters. The molecule has 1 aliphatic carbocycles. The van der Waals surface area contributed by atoms with Crippen LogP contribution in [0.2, 0.25) is 0 Å². The Morgan fingerprint density at radius 3 is 3.06 bits per heavy atom. The zero-order valence-corrected chi connectivity index (χ0v) is 11.0. The van der Waals surface area contributed by atoms with Crippen LogP contribution in [0.3, 0.4) is 0 Å². The molecule has 1 aliphatic rings. The molecule has 3 heteroatoms. The van der Waals surface area contributed by atoms with Gasteiger partial charge in [0.25, 0.3) is 0 Å². The summed E-state index contributed by atoms with van der Waals surface area (Å²) in [5, 5.41) is 4.53. The van der Waals surface area contributed by atoms with Crippen LogP contribution < -0.4 is 5.32 Å². The first kappa shape index (κ1) is 11.0. The zero-order chi connectivity index (χ0) is 11.7. The van der Waals surface area contributed by atoms with E-state index in [0.717, 1.165) is 23.1 Å². The van der Waals surface area contributed by atoms with Crippen molar-refractivity contribution in [3.8, 4) is 0 Å². The summed E-state index contributed by atoms with van der Waals surface area (Å²) in [5.74, 6) is 1.04. The van der Waals surface area contributed by atoms with Gasteiger partial charge in [-0.2, -0.15) is 0 Å². The Hall–Kier alpha value is -1.09. The summed E-state index contributed by atoms with van der Waals surface area (Å²) in [6.45, 7) is 3.19. The number of aryl methyl sites for hydroxylation is 1. The lowest BCUT2D eigenvalue weighted by atomic mass is 10.2. The van der Waals surface area contributed by atoms with Gasteiger partial charge in [-0.3, -0.25) is 0 Å². The van der Waals surface area contributed by atoms with Crippen LogP contribution in [0.15, 0.2) is 18.2 Å². The normalized spacial score (nSPS) is 15.4. The largest absolute Gasteiger partial charge is 0.361 e. The number of nitrogens with one attached hydrogen (secondary N) is 1. The number of aromatic nitrogens is 1. The lowest BCUT2D eigenvalue weighted by molar-refractivity contribution is 0.687. The van der Waals surface area contributed by atoms with Crippen molar-refractivity contribution >= 4 is 26.7 Å². The van der Waals surface area contributed by atoms with E-state index >= 15 is 0 Å². The third-order valence-corrected chi connectivity index (χ3v) is 4.36. The number of fused-ring (bicyclic) bond motifs is 1. The molecule has 1 heterocycles. The minimum atomic E-state index is 1.04. The van der Waals surface area contributed by atoms with E-state index in [1.54, 1.807) is 11.3 Å². The zero-order valence-electron chi connectivity index (χ0n) is 10.2. The maximum atomic E-state index is 4.65. The van der Waals surface area contributed by atoms with E-state index in [-0.39, 0.29) is 0 Å². The summed E-state index contributed by atoms with van der Waals surface area (Å²) in [5.41, 5.74) is 2.42. The first-order chi connectivity index (χ1) is 8.33. The highest BCUT2D eigenvalue weighted by Crippen LogP contribution is 2.33. The van der Waals surface area contributed by atoms with Crippen molar-refractivity contribution in [3.05, 3.63) is 23.8 Å². The molecule has 0 amide bonds. The van der Waals surface area contributed by atoms with Gasteiger partial charge >= 0.3 is 0 Å². The molecule has 0 radical (unpaired) electrons. The standard InChI is InChI=1S/C14H18N2S/c1-10-4-2-6-12-13(10)16-14(17-12)15-9-3-5-11-7-8-11/h2,4,6,11H,3,5,7-9H2,1H3,(H,15,16). The topological polar surface area (TPSA) is 24.9 Å². The van der Waals surface area contributed by atoms with Gasteiger partial charge in [-0.05, 0) is 37.3 Å². The van der Waals surface area contributed by atoms with Gasteiger partial charge in [0.05, 0.1) is 10.2 Å². The number of thiazole rings is 1. The van der Waals surface area contributed by atoms with Crippen LogP contribution in [0.1, 0.15) is 31.2 Å². The molecule has 1 fully saturated rings. The molecule has 2 aromatic rings. The van der Waals surface area contributed by atoms with Crippen LogP contribution in [0.25, 0.3) is 10.2 Å². The number of hydrogen-bond acceptors (Lipinski definition) is 3. The fourth-order valence-electron chi connectivity index (χ4n) is 2.15. The molecular weight excluding hydrogens is 228 g/mol. The van der Waals surface area contributed by atoms with Crippen LogP contribution in [0.5, 0.6) is 0 Å². The van der Waals surface area contributed by atoms with E-state index in [9.17, 15) is 0 Å². The number of nitrogens with zero attached hydrogens (tertiary/aromatic N) is 1. The summed E-state index contributed by atoms with van der Waals surface area (Å²) in [6.07, 6.45) is 5.58. The highest BCUT2D eigenvalue weighted by atomic mass is 32.1. The molecule has 2 nitrogen and oxygen atoms in total. The van der Waals surface area contributed by atoms with Crippen molar-refractivity contribution in [2.75, 3.05) is 11.9 Å². The van der Waals surface area contributed by atoms with Crippen molar-refractivity contribution in [2.24, 2.45) is 5.92 Å². The van der Waals surface area contributed by atoms with Crippen LogP contribution >= 0.6 is 11.3 Å². The predicted molar refractivity (Wildman–Crippen MR) is 74.8 cm³/mol. The Bertz CT molecular complexity index is 514. The van der Waals surface area contributed by atoms with Gasteiger partial charge in [0, 0.05) is 6.54 Å². The molecule has 0 spiro atoms. The second-order valence-corrected chi connectivity index (χ2v) is 5.98. The van der Waals surface area contributed by atoms with Gasteiger partial charge in [-0.15, -0.1) is 0 Å². The molecule has 0 bridgehead atoms. The second-order valence-electron chi connectivity index (χ2n) is 4.95. The number of anilines is 1. The highest BCUT2D eigenvalue weighted by molar-refractivity contribution is 7.22. The lowest BCUT2D eigenvalue weighted by Crippen LogP contribution is -2.00. The minimum absolute atomic E-state index is 1.04. The summed E-state index contributed by atoms with van der Waals surface area (Å²) in [4.78, 5) is 4.65. The Morgan fingerprint density at radius 2 is 2.29 bits per heavy atom. The molecule has 0 unspecified atom stereocenters. The maximum absolute atomic E-state index is 4.65. The van der Waals surface area contributed by atoms with Crippen molar-refractivity contribution < 1.29 is 0 Å². The first-order valence-electron chi connectivity index (χ1n) is 6.43. The fourth-order valence-corrected chi connectivity index (χ4v) is 3.12. The fraction of sp³-hybridized carbons (Fsp3) is 0.500. The van der Waals surface area contributed by atoms with Gasteiger partial charge in [0.2, 0.25) is 0 Å². The number of rotatable bonds is 5. The molecule has 0 aliphatic heterocycles. The monoisotopic (exact) mass is 246 g/mol. The van der Waals surface area contributed by atoms with Crippen LogP contribution in [0.4, 0.5) is 5.13 Å². The Labute approximate surface area is 106 Å². The number of para-hydroxylation sites is 1. The Balaban J connectivity index is 1.62. The van der Waals surface area contributed by atoms with Gasteiger partial charge in [-0.1, -0.05) is 36.3 Å². The average molecular weight is 246 g/mol. The van der Waals surface area contributed by atoms with Crippen LogP contribution in [-0.2, 0) is 0 Å². The quantitative estimate of drug-likeness (QED) is 0.799. The average Bonchev–Trinajstić information content (AvgIpc) is 3.04. The third-order valence-electron chi connectivity index (χ3n) is 3.38. The summed E-state index contributed by atoms with van der Waals surface area (Å²) < 4.78 is 1.29. The van der Waals surface area contributed by atoms with E-state index in [4.69, 9.17) is 0 Å². The van der Waals surface area contributed by atoms with Gasteiger partial charge < -0.3 is 5.32 Å². The molecule has 90 valence electrons. The molecule has 1 aromatic carbocycles. The van der Waals surface area contributed by atoms with Gasteiger partial charge in [0.15, 0.2) is 5.13 Å². The van der Waals surface area contributed by atoms with Gasteiger partial charge in [0.1, 0.15) is 0 Å². The van der Waals surface area contributed by atoms with Gasteiger partial charge in [-0.25, -0.2) is 4.98 Å². The van der Waals surface area contributed by atoms with E-state index in [1.807, 2.05) is 0 Å². The smallest absolute Gasteiger partial charge is 0.183 e. The predicted octanol–water partition coefficient (Wildman–Crippen LogP) is 4.21. The lowest BCUT2D eigenvalue weighted by Gasteiger charge is -2.00. The molecular formula is C14H18N2S. The molecule has 1 aromatic heterocycles. The molecule has 1 saturated carbocycles. The maximum Gasteiger partial charge on any atom is 0.183 e. The molecule has 1 N–H and O–H groups in total. The second kappa shape index (κ2) is 4.65. The van der Waals surface area contributed by atoms with E-state index < -0.39 is 0 Å². The number of hydrogen-bond donors (Lipinski definition) is 1. The van der Waals surface area contributed by atoms with Crippen molar-refractivity contribution in [1.82, 2.24) is 4.98 Å². The third kappa shape index (κ3) is 2.60. The Kier molecular flexibility index (Phi) is 3.02. The number of benzene rings is 1. The van der Waals surface area contributed by atoms with E-state index in [0.29, 0.717) is 0 Å². The summed E-state index contributed by atoms with van der Waals surface area (Å²) in [6, 6.07) is 6.38. The summed E-state index contributed by atoms with van der Waals surface area (Å²) in [7, 11) is 0. The Morgan fingerprint density at radius 1 is 1.41 bits per heavy atom. The van der Waals surface area contributed by atoms with Crippen LogP contribution in [-0.4, -0.2) is 11.5 Å². The van der Waals surface area contributed by atoms with Crippen molar-refractivity contribution in [2.45, 2.75) is 32.6 Å². The molecule has 0 saturated heterocycles. The van der Waals surface area contributed by atoms with E-state index in [1.165, 1.54) is 35.9 Å². The first-order valence-corrected chi connectivity index (χ1v) is 7.24. The molecule has 3 rings (SSSR count). The van der Waals surface area contributed by atoms with Crippen molar-refractivity contribution in [1.29, 1.82) is 0 Å². The summed E-state index contributed by atoms with van der Waals surface area (Å²) >= 11 is 1.76. The highest BCUT2D eigenvalue weighted by Gasteiger charge is 2.19. The van der Waals surface area contributed by atoms with Crippen molar-refractivity contribution in [3.63, 3.8) is 0 Å². The van der Waals surface area contributed by atoms with Crippen LogP contribution in [0, 0.1) is 12.8 Å². The SMILES string of the molecule is Cc1cccc2sc(NCCCC3CC3)nc12.